The number of rotatable bonds is 5. The number of hydrazine groups is 1. The summed E-state index contributed by atoms with van der Waals surface area (Å²) in [6, 6.07) is 8.26. The highest BCUT2D eigenvalue weighted by Gasteiger charge is 2.17. The molecular formula is C16H15FN2O4S. The van der Waals surface area contributed by atoms with E-state index in [9.17, 15) is 18.8 Å². The molecule has 2 aromatic rings. The van der Waals surface area contributed by atoms with Crippen molar-refractivity contribution in [1.82, 2.24) is 10.9 Å². The molecule has 1 aromatic carbocycles. The number of hydrogen-bond acceptors (Lipinski definition) is 5. The molecule has 0 fully saturated rings. The molecular weight excluding hydrogens is 335 g/mol. The zero-order valence-electron chi connectivity index (χ0n) is 13.0. The standard InChI is InChI=1S/C16H15FN2O4S/c1-9(20)13-7-8-14(24-13)16(22)19-18-15(21)10(2)23-12-5-3-11(17)4-6-12/h3-8,10H,1-2H3,(H,18,21)(H,19,22)/t10-/m0/s1. The maximum atomic E-state index is 12.8. The fraction of sp³-hybridized carbons (Fsp3) is 0.188. The number of carbonyl (C=O) groups excluding carboxylic acids is 3. The van der Waals surface area contributed by atoms with Gasteiger partial charge < -0.3 is 4.74 Å². The van der Waals surface area contributed by atoms with E-state index in [2.05, 4.69) is 10.9 Å². The van der Waals surface area contributed by atoms with Gasteiger partial charge in [-0.3, -0.25) is 25.2 Å². The van der Waals surface area contributed by atoms with Crippen LogP contribution in [0.4, 0.5) is 4.39 Å². The second-order valence-corrected chi connectivity index (χ2v) is 5.96. The molecule has 1 heterocycles. The van der Waals surface area contributed by atoms with Gasteiger partial charge in [0, 0.05) is 0 Å². The van der Waals surface area contributed by atoms with Gasteiger partial charge in [-0.1, -0.05) is 0 Å². The summed E-state index contributed by atoms with van der Waals surface area (Å²) in [6.07, 6.45) is -0.896. The van der Waals surface area contributed by atoms with E-state index in [-0.39, 0.29) is 5.78 Å². The summed E-state index contributed by atoms with van der Waals surface area (Å²) in [5.41, 5.74) is 4.48. The van der Waals surface area contributed by atoms with E-state index in [1.54, 1.807) is 6.07 Å². The molecule has 0 aliphatic carbocycles. The molecule has 0 radical (unpaired) electrons. The van der Waals surface area contributed by atoms with Crippen molar-refractivity contribution < 1.29 is 23.5 Å². The maximum Gasteiger partial charge on any atom is 0.279 e. The Morgan fingerprint density at radius 3 is 2.25 bits per heavy atom. The maximum absolute atomic E-state index is 12.8. The van der Waals surface area contributed by atoms with Crippen molar-refractivity contribution in [3.8, 4) is 5.75 Å². The Morgan fingerprint density at radius 2 is 1.67 bits per heavy atom. The van der Waals surface area contributed by atoms with Crippen molar-refractivity contribution in [1.29, 1.82) is 0 Å². The lowest BCUT2D eigenvalue weighted by molar-refractivity contribution is -0.128. The Hall–Kier alpha value is -2.74. The number of hydrogen-bond donors (Lipinski definition) is 2. The summed E-state index contributed by atoms with van der Waals surface area (Å²) < 4.78 is 18.1. The van der Waals surface area contributed by atoms with E-state index in [0.29, 0.717) is 15.5 Å². The van der Waals surface area contributed by atoms with E-state index >= 15 is 0 Å². The van der Waals surface area contributed by atoms with Gasteiger partial charge in [0.2, 0.25) is 0 Å². The van der Waals surface area contributed by atoms with Crippen LogP contribution >= 0.6 is 11.3 Å². The van der Waals surface area contributed by atoms with Gasteiger partial charge in [-0.15, -0.1) is 11.3 Å². The molecule has 0 aliphatic rings. The highest BCUT2D eigenvalue weighted by Crippen LogP contribution is 2.16. The van der Waals surface area contributed by atoms with Crippen molar-refractivity contribution in [2.45, 2.75) is 20.0 Å². The SMILES string of the molecule is CC(=O)c1ccc(C(=O)NNC(=O)[C@H](C)Oc2ccc(F)cc2)s1. The van der Waals surface area contributed by atoms with Crippen LogP contribution in [0.2, 0.25) is 0 Å². The van der Waals surface area contributed by atoms with Crippen molar-refractivity contribution in [3.05, 3.63) is 52.0 Å². The second-order valence-electron chi connectivity index (χ2n) is 4.88. The first-order valence-electron chi connectivity index (χ1n) is 7.00. The Bertz CT molecular complexity index is 758. The molecule has 24 heavy (non-hydrogen) atoms. The molecule has 0 spiro atoms. The lowest BCUT2D eigenvalue weighted by Crippen LogP contribution is -2.47. The number of amides is 2. The quantitative estimate of drug-likeness (QED) is 0.640. The normalized spacial score (nSPS) is 11.5. The summed E-state index contributed by atoms with van der Waals surface area (Å²) in [4.78, 5) is 35.7. The van der Waals surface area contributed by atoms with Gasteiger partial charge in [0.05, 0.1) is 9.75 Å². The Labute approximate surface area is 141 Å². The minimum Gasteiger partial charge on any atom is -0.481 e. The van der Waals surface area contributed by atoms with Crippen LogP contribution in [0, 0.1) is 5.82 Å². The molecule has 1 atom stereocenters. The first-order valence-corrected chi connectivity index (χ1v) is 7.81. The summed E-state index contributed by atoms with van der Waals surface area (Å²) in [6.45, 7) is 2.90. The van der Waals surface area contributed by atoms with Gasteiger partial charge in [0.15, 0.2) is 11.9 Å². The van der Waals surface area contributed by atoms with Gasteiger partial charge in [0.1, 0.15) is 11.6 Å². The summed E-state index contributed by atoms with van der Waals surface area (Å²) in [5, 5.41) is 0. The molecule has 0 bridgehead atoms. The van der Waals surface area contributed by atoms with Gasteiger partial charge in [-0.05, 0) is 50.2 Å². The number of benzene rings is 1. The van der Waals surface area contributed by atoms with Crippen LogP contribution in [0.5, 0.6) is 5.75 Å². The fourth-order valence-electron chi connectivity index (χ4n) is 1.70. The van der Waals surface area contributed by atoms with E-state index in [0.717, 1.165) is 11.3 Å². The molecule has 0 saturated heterocycles. The largest absolute Gasteiger partial charge is 0.481 e. The van der Waals surface area contributed by atoms with Crippen molar-refractivity contribution in [3.63, 3.8) is 0 Å². The third-order valence-corrected chi connectivity index (χ3v) is 4.16. The lowest BCUT2D eigenvalue weighted by atomic mass is 10.3. The third kappa shape index (κ3) is 4.63. The second kappa shape index (κ2) is 7.69. The van der Waals surface area contributed by atoms with Crippen LogP contribution in [0.1, 0.15) is 33.2 Å². The predicted octanol–water partition coefficient (Wildman–Crippen LogP) is 2.32. The van der Waals surface area contributed by atoms with E-state index < -0.39 is 23.7 Å². The van der Waals surface area contributed by atoms with Crippen LogP contribution in [0.15, 0.2) is 36.4 Å². The average molecular weight is 350 g/mol. The third-order valence-electron chi connectivity index (χ3n) is 2.97. The number of carbonyl (C=O) groups is 3. The Morgan fingerprint density at radius 1 is 1.04 bits per heavy atom. The van der Waals surface area contributed by atoms with E-state index in [4.69, 9.17) is 4.74 Å². The van der Waals surface area contributed by atoms with Crippen LogP contribution < -0.4 is 15.6 Å². The van der Waals surface area contributed by atoms with Gasteiger partial charge >= 0.3 is 0 Å². The molecule has 2 amide bonds. The van der Waals surface area contributed by atoms with Crippen LogP contribution in [0.25, 0.3) is 0 Å². The Kier molecular flexibility index (Phi) is 5.64. The molecule has 0 saturated carbocycles. The summed E-state index contributed by atoms with van der Waals surface area (Å²) in [5.74, 6) is -1.32. The van der Waals surface area contributed by atoms with Crippen molar-refractivity contribution in [2.24, 2.45) is 0 Å². The summed E-state index contributed by atoms with van der Waals surface area (Å²) >= 11 is 1.03. The first-order chi connectivity index (χ1) is 11.4. The molecule has 2 rings (SSSR count). The lowest BCUT2D eigenvalue weighted by Gasteiger charge is -2.14. The number of halogens is 1. The van der Waals surface area contributed by atoms with Crippen LogP contribution in [-0.2, 0) is 4.79 Å². The van der Waals surface area contributed by atoms with Crippen LogP contribution in [-0.4, -0.2) is 23.7 Å². The van der Waals surface area contributed by atoms with Gasteiger partial charge in [0.25, 0.3) is 11.8 Å². The molecule has 1 aromatic heterocycles. The van der Waals surface area contributed by atoms with Crippen LogP contribution in [0.3, 0.4) is 0 Å². The first kappa shape index (κ1) is 17.6. The zero-order chi connectivity index (χ0) is 17.7. The van der Waals surface area contributed by atoms with Crippen molar-refractivity contribution >= 4 is 28.9 Å². The number of Topliss-reactive ketones (excluding diaryl/α,β-unsaturated/α-hetero) is 1. The number of nitrogens with one attached hydrogen (secondary N) is 2. The minimum absolute atomic E-state index is 0.135. The Balaban J connectivity index is 1.85. The zero-order valence-corrected chi connectivity index (χ0v) is 13.8. The minimum atomic E-state index is -0.896. The monoisotopic (exact) mass is 350 g/mol. The number of ether oxygens (including phenoxy) is 1. The van der Waals surface area contributed by atoms with Crippen molar-refractivity contribution in [2.75, 3.05) is 0 Å². The molecule has 0 unspecified atom stereocenters. The highest BCUT2D eigenvalue weighted by molar-refractivity contribution is 7.15. The fourth-order valence-corrected chi connectivity index (χ4v) is 2.50. The highest BCUT2D eigenvalue weighted by atomic mass is 32.1. The predicted molar refractivity (Wildman–Crippen MR) is 86.4 cm³/mol. The molecule has 2 N–H and O–H groups in total. The molecule has 126 valence electrons. The summed E-state index contributed by atoms with van der Waals surface area (Å²) in [7, 11) is 0. The number of ketones is 1. The van der Waals surface area contributed by atoms with Gasteiger partial charge in [-0.25, -0.2) is 4.39 Å². The molecule has 8 heteroatoms. The molecule has 0 aliphatic heterocycles. The van der Waals surface area contributed by atoms with E-state index in [1.807, 2.05) is 0 Å². The smallest absolute Gasteiger partial charge is 0.279 e. The average Bonchev–Trinajstić information content (AvgIpc) is 3.04. The molecule has 6 nitrogen and oxygen atoms in total. The number of thiophene rings is 1. The topological polar surface area (TPSA) is 84.5 Å². The van der Waals surface area contributed by atoms with Gasteiger partial charge in [-0.2, -0.15) is 0 Å². The van der Waals surface area contributed by atoms with E-state index in [1.165, 1.54) is 44.2 Å².